The zero-order valence-corrected chi connectivity index (χ0v) is 20.5. The van der Waals surface area contributed by atoms with E-state index in [1.165, 1.54) is 38.2 Å². The summed E-state index contributed by atoms with van der Waals surface area (Å²) in [6.07, 6.45) is 0. The van der Waals surface area contributed by atoms with Crippen LogP contribution in [0.4, 0.5) is 0 Å². The second-order valence-electron chi connectivity index (χ2n) is 8.62. The molecule has 0 bridgehead atoms. The molecule has 2 heteroatoms. The lowest BCUT2D eigenvalue weighted by molar-refractivity contribution is 0.103. The lowest BCUT2D eigenvalue weighted by Crippen LogP contribution is -2.01. The molecule has 0 unspecified atom stereocenters. The van der Waals surface area contributed by atoms with Crippen LogP contribution in [0.3, 0.4) is 0 Å². The molecule has 0 spiro atoms. The quantitative estimate of drug-likeness (QED) is 0.170. The average molecular weight is 513 g/mol. The van der Waals surface area contributed by atoms with Crippen molar-refractivity contribution in [2.75, 3.05) is 0 Å². The van der Waals surface area contributed by atoms with Gasteiger partial charge in [0.2, 0.25) is 0 Å². The highest BCUT2D eigenvalue weighted by atomic mass is 79.9. The predicted molar refractivity (Wildman–Crippen MR) is 150 cm³/mol. The molecular weight excluding hydrogens is 492 g/mol. The van der Waals surface area contributed by atoms with Gasteiger partial charge in [0, 0.05) is 15.6 Å². The standard InChI is InChI=1S/C33H21BrO/c34-26-12-8-11-25(21-26)33(35)24-19-17-23(18-20-24)32-29-15-6-4-13-27(29)31(22-9-2-1-3-10-22)28-14-5-7-16-30(28)32/h1-21H. The number of ketones is 1. The molecule has 1 nitrogen and oxygen atoms in total. The third kappa shape index (κ3) is 3.86. The fourth-order valence-electron chi connectivity index (χ4n) is 4.94. The SMILES string of the molecule is O=C(c1ccc(-c2c3ccccc3c(-c3ccccc3)c3ccccc23)cc1)c1cccc(Br)c1. The average Bonchev–Trinajstić information content (AvgIpc) is 2.92. The van der Waals surface area contributed by atoms with E-state index in [-0.39, 0.29) is 5.78 Å². The Kier molecular flexibility index (Phi) is 5.52. The lowest BCUT2D eigenvalue weighted by atomic mass is 9.86. The summed E-state index contributed by atoms with van der Waals surface area (Å²) in [7, 11) is 0. The molecule has 0 heterocycles. The molecule has 6 aromatic carbocycles. The van der Waals surface area contributed by atoms with E-state index in [4.69, 9.17) is 0 Å². The molecule has 0 fully saturated rings. The Hall–Kier alpha value is -4.01. The van der Waals surface area contributed by atoms with Gasteiger partial charge in [-0.15, -0.1) is 0 Å². The second kappa shape index (κ2) is 8.98. The third-order valence-electron chi connectivity index (χ3n) is 6.52. The van der Waals surface area contributed by atoms with Crippen LogP contribution in [0.15, 0.2) is 132 Å². The number of benzene rings is 6. The first kappa shape index (κ1) is 21.5. The Labute approximate surface area is 212 Å². The van der Waals surface area contributed by atoms with Crippen molar-refractivity contribution in [1.82, 2.24) is 0 Å². The summed E-state index contributed by atoms with van der Waals surface area (Å²) in [5, 5.41) is 4.86. The van der Waals surface area contributed by atoms with Gasteiger partial charge in [-0.05, 0) is 55.9 Å². The van der Waals surface area contributed by atoms with E-state index in [0.717, 1.165) is 10.0 Å². The molecule has 0 aromatic heterocycles. The fraction of sp³-hybridized carbons (Fsp3) is 0. The lowest BCUT2D eigenvalue weighted by Gasteiger charge is -2.17. The Bertz CT molecular complexity index is 1640. The fourth-order valence-corrected chi connectivity index (χ4v) is 5.34. The van der Waals surface area contributed by atoms with E-state index in [2.05, 4.69) is 107 Å². The van der Waals surface area contributed by atoms with Crippen LogP contribution < -0.4 is 0 Å². The largest absolute Gasteiger partial charge is 0.289 e. The van der Waals surface area contributed by atoms with Crippen LogP contribution in [0.2, 0.25) is 0 Å². The number of fused-ring (bicyclic) bond motifs is 2. The minimum absolute atomic E-state index is 0.0204. The van der Waals surface area contributed by atoms with Gasteiger partial charge in [-0.1, -0.05) is 131 Å². The number of carbonyl (C=O) groups is 1. The molecule has 6 aromatic rings. The van der Waals surface area contributed by atoms with E-state index in [9.17, 15) is 4.79 Å². The minimum Gasteiger partial charge on any atom is -0.289 e. The van der Waals surface area contributed by atoms with Gasteiger partial charge >= 0.3 is 0 Å². The van der Waals surface area contributed by atoms with Crippen molar-refractivity contribution in [3.63, 3.8) is 0 Å². The second-order valence-corrected chi connectivity index (χ2v) is 9.54. The summed E-state index contributed by atoms with van der Waals surface area (Å²) in [5.41, 5.74) is 6.11. The van der Waals surface area contributed by atoms with Crippen molar-refractivity contribution in [3.05, 3.63) is 143 Å². The van der Waals surface area contributed by atoms with E-state index < -0.39 is 0 Å². The summed E-state index contributed by atoms with van der Waals surface area (Å²) in [5.74, 6) is 0.0204. The van der Waals surface area contributed by atoms with Crippen molar-refractivity contribution in [3.8, 4) is 22.3 Å². The molecule has 0 aliphatic heterocycles. The van der Waals surface area contributed by atoms with Gasteiger partial charge in [0.25, 0.3) is 0 Å². The highest BCUT2D eigenvalue weighted by molar-refractivity contribution is 9.10. The van der Waals surface area contributed by atoms with E-state index in [1.54, 1.807) is 0 Å². The molecule has 0 radical (unpaired) electrons. The molecule has 6 rings (SSSR count). The minimum atomic E-state index is 0.0204. The van der Waals surface area contributed by atoms with Gasteiger partial charge in [0.15, 0.2) is 5.78 Å². The number of rotatable bonds is 4. The van der Waals surface area contributed by atoms with E-state index in [0.29, 0.717) is 11.1 Å². The Morgan fingerprint density at radius 1 is 0.457 bits per heavy atom. The highest BCUT2D eigenvalue weighted by Gasteiger charge is 2.17. The van der Waals surface area contributed by atoms with Crippen LogP contribution in [-0.2, 0) is 0 Å². The van der Waals surface area contributed by atoms with Crippen LogP contribution in [0, 0.1) is 0 Å². The highest BCUT2D eigenvalue weighted by Crippen LogP contribution is 2.43. The zero-order valence-electron chi connectivity index (χ0n) is 18.9. The van der Waals surface area contributed by atoms with Crippen molar-refractivity contribution in [2.24, 2.45) is 0 Å². The number of carbonyl (C=O) groups excluding carboxylic acids is 1. The van der Waals surface area contributed by atoms with Crippen molar-refractivity contribution >= 4 is 43.3 Å². The Morgan fingerprint density at radius 2 is 0.943 bits per heavy atom. The predicted octanol–water partition coefficient (Wildman–Crippen LogP) is 9.32. The molecular formula is C33H21BrO. The van der Waals surface area contributed by atoms with Gasteiger partial charge < -0.3 is 0 Å². The molecule has 0 atom stereocenters. The van der Waals surface area contributed by atoms with Crippen LogP contribution in [0.25, 0.3) is 43.8 Å². The molecule has 166 valence electrons. The van der Waals surface area contributed by atoms with Crippen molar-refractivity contribution in [1.29, 1.82) is 0 Å². The van der Waals surface area contributed by atoms with Gasteiger partial charge in [0.1, 0.15) is 0 Å². The monoisotopic (exact) mass is 512 g/mol. The zero-order chi connectivity index (χ0) is 23.8. The normalized spacial score (nSPS) is 11.1. The van der Waals surface area contributed by atoms with E-state index in [1.807, 2.05) is 36.4 Å². The topological polar surface area (TPSA) is 17.1 Å². The summed E-state index contributed by atoms with van der Waals surface area (Å²) in [6, 6.07) is 43.3. The van der Waals surface area contributed by atoms with Crippen LogP contribution in [-0.4, -0.2) is 5.78 Å². The van der Waals surface area contributed by atoms with Crippen LogP contribution >= 0.6 is 15.9 Å². The van der Waals surface area contributed by atoms with Crippen LogP contribution in [0.5, 0.6) is 0 Å². The first-order valence-corrected chi connectivity index (χ1v) is 12.4. The number of hydrogen-bond acceptors (Lipinski definition) is 1. The smallest absolute Gasteiger partial charge is 0.193 e. The van der Waals surface area contributed by atoms with Gasteiger partial charge in [-0.3, -0.25) is 4.79 Å². The summed E-state index contributed by atoms with van der Waals surface area (Å²) in [6.45, 7) is 0. The summed E-state index contributed by atoms with van der Waals surface area (Å²) < 4.78 is 0.899. The molecule has 0 amide bonds. The van der Waals surface area contributed by atoms with Crippen molar-refractivity contribution < 1.29 is 4.79 Å². The Balaban J connectivity index is 1.56. The maximum absolute atomic E-state index is 13.1. The molecule has 0 saturated heterocycles. The molecule has 0 N–H and O–H groups in total. The molecule has 0 saturated carbocycles. The summed E-state index contributed by atoms with van der Waals surface area (Å²) >= 11 is 3.46. The third-order valence-corrected chi connectivity index (χ3v) is 7.01. The number of hydrogen-bond donors (Lipinski definition) is 0. The van der Waals surface area contributed by atoms with Gasteiger partial charge in [-0.25, -0.2) is 0 Å². The summed E-state index contributed by atoms with van der Waals surface area (Å²) in [4.78, 5) is 13.1. The van der Waals surface area contributed by atoms with Gasteiger partial charge in [-0.2, -0.15) is 0 Å². The Morgan fingerprint density at radius 3 is 1.46 bits per heavy atom. The molecule has 0 aliphatic carbocycles. The van der Waals surface area contributed by atoms with Crippen molar-refractivity contribution in [2.45, 2.75) is 0 Å². The maximum atomic E-state index is 13.1. The number of halogens is 1. The first-order chi connectivity index (χ1) is 17.2. The van der Waals surface area contributed by atoms with Crippen LogP contribution in [0.1, 0.15) is 15.9 Å². The molecule has 0 aliphatic rings. The molecule has 35 heavy (non-hydrogen) atoms. The van der Waals surface area contributed by atoms with Gasteiger partial charge in [0.05, 0.1) is 0 Å². The van der Waals surface area contributed by atoms with E-state index >= 15 is 0 Å². The first-order valence-electron chi connectivity index (χ1n) is 11.6. The maximum Gasteiger partial charge on any atom is 0.193 e.